The molecule has 0 aliphatic rings. The van der Waals surface area contributed by atoms with Gasteiger partial charge in [0, 0.05) is 13.1 Å². The van der Waals surface area contributed by atoms with E-state index in [1.165, 1.54) is 36.3 Å². The van der Waals surface area contributed by atoms with Gasteiger partial charge in [0.1, 0.15) is 23.1 Å². The summed E-state index contributed by atoms with van der Waals surface area (Å²) in [6, 6.07) is 10.8. The quantitative estimate of drug-likeness (QED) is 0.512. The van der Waals surface area contributed by atoms with Crippen LogP contribution >= 0.6 is 0 Å². The molecule has 9 heteroatoms. The molecule has 1 heterocycles. The number of benzene rings is 2. The summed E-state index contributed by atoms with van der Waals surface area (Å²) in [5.74, 6) is 1.57. The summed E-state index contributed by atoms with van der Waals surface area (Å²) in [5, 5.41) is 3.99. The van der Waals surface area contributed by atoms with E-state index in [0.717, 1.165) is 0 Å². The fourth-order valence-electron chi connectivity index (χ4n) is 2.92. The van der Waals surface area contributed by atoms with Crippen LogP contribution in [0.3, 0.4) is 0 Å². The molecule has 0 bridgehead atoms. The number of hydrogen-bond donors (Lipinski definition) is 0. The summed E-state index contributed by atoms with van der Waals surface area (Å²) < 4.78 is 34.7. The molecule has 1 atom stereocenters. The Labute approximate surface area is 179 Å². The fraction of sp³-hybridized carbons (Fsp3) is 0.318. The van der Waals surface area contributed by atoms with Crippen molar-refractivity contribution in [1.82, 2.24) is 15.0 Å². The monoisotopic (exact) mass is 429 g/mol. The Morgan fingerprint density at radius 2 is 1.84 bits per heavy atom. The lowest BCUT2D eigenvalue weighted by molar-refractivity contribution is -0.138. The van der Waals surface area contributed by atoms with Crippen molar-refractivity contribution in [3.8, 4) is 28.6 Å². The van der Waals surface area contributed by atoms with Crippen LogP contribution in [-0.2, 0) is 11.3 Å². The second-order valence-corrected chi connectivity index (χ2v) is 6.74. The molecule has 0 saturated carbocycles. The van der Waals surface area contributed by atoms with Gasteiger partial charge in [-0.25, -0.2) is 4.39 Å². The van der Waals surface area contributed by atoms with Crippen LogP contribution in [0.4, 0.5) is 4.39 Å². The molecule has 0 spiro atoms. The third-order valence-electron chi connectivity index (χ3n) is 4.60. The van der Waals surface area contributed by atoms with Gasteiger partial charge in [-0.2, -0.15) is 4.98 Å². The maximum absolute atomic E-state index is 13.1. The number of rotatable bonds is 9. The zero-order valence-corrected chi connectivity index (χ0v) is 17.8. The van der Waals surface area contributed by atoms with Crippen LogP contribution in [0, 0.1) is 5.82 Å². The number of methoxy groups -OCH3 is 2. The predicted molar refractivity (Wildman–Crippen MR) is 110 cm³/mol. The zero-order valence-electron chi connectivity index (χ0n) is 17.8. The first-order chi connectivity index (χ1) is 14.9. The molecular weight excluding hydrogens is 405 g/mol. The van der Waals surface area contributed by atoms with Gasteiger partial charge in [-0.3, -0.25) is 4.79 Å². The third kappa shape index (κ3) is 5.30. The first kappa shape index (κ1) is 22.1. The minimum absolute atomic E-state index is 0.105. The molecular formula is C22H24FN3O5. The molecule has 0 aliphatic heterocycles. The van der Waals surface area contributed by atoms with Crippen molar-refractivity contribution in [2.75, 3.05) is 21.3 Å². The molecule has 3 rings (SSSR count). The number of ether oxygens (including phenoxy) is 3. The molecule has 1 amide bonds. The van der Waals surface area contributed by atoms with Crippen LogP contribution in [0.1, 0.15) is 19.2 Å². The number of halogens is 1. The molecule has 2 aromatic carbocycles. The Bertz CT molecular complexity index is 1020. The van der Waals surface area contributed by atoms with Crippen molar-refractivity contribution in [2.45, 2.75) is 26.0 Å². The highest BCUT2D eigenvalue weighted by molar-refractivity contribution is 5.81. The largest absolute Gasteiger partial charge is 0.497 e. The maximum Gasteiger partial charge on any atom is 0.263 e. The van der Waals surface area contributed by atoms with E-state index in [-0.39, 0.29) is 24.2 Å². The Balaban J connectivity index is 1.69. The first-order valence-electron chi connectivity index (χ1n) is 9.67. The van der Waals surface area contributed by atoms with Gasteiger partial charge in [-0.15, -0.1) is 0 Å². The van der Waals surface area contributed by atoms with Gasteiger partial charge in [0.05, 0.1) is 26.3 Å². The molecule has 0 saturated heterocycles. The second kappa shape index (κ2) is 9.92. The van der Waals surface area contributed by atoms with E-state index in [9.17, 15) is 9.18 Å². The lowest BCUT2D eigenvalue weighted by Crippen LogP contribution is -2.39. The molecule has 164 valence electrons. The summed E-state index contributed by atoms with van der Waals surface area (Å²) in [7, 11) is 4.73. The Morgan fingerprint density at radius 1 is 1.13 bits per heavy atom. The smallest absolute Gasteiger partial charge is 0.263 e. The first-order valence-corrected chi connectivity index (χ1v) is 9.67. The van der Waals surface area contributed by atoms with Crippen molar-refractivity contribution in [2.24, 2.45) is 0 Å². The van der Waals surface area contributed by atoms with E-state index < -0.39 is 6.10 Å². The number of likely N-dealkylation sites (N-methyl/N-ethyl adjacent to an activating group) is 1. The lowest BCUT2D eigenvalue weighted by atomic mass is 10.2. The summed E-state index contributed by atoms with van der Waals surface area (Å²) in [4.78, 5) is 18.6. The van der Waals surface area contributed by atoms with E-state index >= 15 is 0 Å². The summed E-state index contributed by atoms with van der Waals surface area (Å²) in [6.07, 6.45) is -0.280. The maximum atomic E-state index is 13.1. The topological polar surface area (TPSA) is 86.9 Å². The van der Waals surface area contributed by atoms with Gasteiger partial charge >= 0.3 is 0 Å². The zero-order chi connectivity index (χ0) is 22.4. The standard InChI is InChI=1S/C22H24FN3O5/c1-5-18(30-15-8-6-14(23)7-9-15)22(27)26(2)13-20-24-21(25-31-20)17-11-10-16(28-3)12-19(17)29-4/h6-12,18H,5,13H2,1-4H3/t18-/m0/s1. The van der Waals surface area contributed by atoms with E-state index in [1.54, 1.807) is 32.4 Å². The van der Waals surface area contributed by atoms with Gasteiger partial charge < -0.3 is 23.6 Å². The molecule has 0 fully saturated rings. The Kier molecular flexibility index (Phi) is 7.07. The van der Waals surface area contributed by atoms with E-state index in [4.69, 9.17) is 18.7 Å². The van der Waals surface area contributed by atoms with Crippen LogP contribution in [0.5, 0.6) is 17.2 Å². The van der Waals surface area contributed by atoms with Crippen molar-refractivity contribution < 1.29 is 27.9 Å². The molecule has 8 nitrogen and oxygen atoms in total. The molecule has 31 heavy (non-hydrogen) atoms. The van der Waals surface area contributed by atoms with E-state index in [1.807, 2.05) is 6.92 Å². The summed E-state index contributed by atoms with van der Waals surface area (Å²) in [6.45, 7) is 1.94. The number of hydrogen-bond acceptors (Lipinski definition) is 7. The average molecular weight is 429 g/mol. The van der Waals surface area contributed by atoms with E-state index in [2.05, 4.69) is 10.1 Å². The minimum atomic E-state index is -0.723. The van der Waals surface area contributed by atoms with Gasteiger partial charge in [0.25, 0.3) is 5.91 Å². The van der Waals surface area contributed by atoms with Crippen molar-refractivity contribution in [3.05, 3.63) is 54.2 Å². The Morgan fingerprint density at radius 3 is 2.48 bits per heavy atom. The van der Waals surface area contributed by atoms with Crippen LogP contribution in [0.25, 0.3) is 11.4 Å². The number of amides is 1. The molecule has 3 aromatic rings. The average Bonchev–Trinajstić information content (AvgIpc) is 3.25. The highest BCUT2D eigenvalue weighted by atomic mass is 19.1. The highest BCUT2D eigenvalue weighted by Crippen LogP contribution is 2.31. The lowest BCUT2D eigenvalue weighted by Gasteiger charge is -2.22. The highest BCUT2D eigenvalue weighted by Gasteiger charge is 2.24. The molecule has 0 unspecified atom stereocenters. The van der Waals surface area contributed by atoms with Gasteiger partial charge in [0.2, 0.25) is 11.7 Å². The van der Waals surface area contributed by atoms with Crippen LogP contribution < -0.4 is 14.2 Å². The van der Waals surface area contributed by atoms with Gasteiger partial charge in [0.15, 0.2) is 6.10 Å². The number of nitrogens with zero attached hydrogens (tertiary/aromatic N) is 3. The van der Waals surface area contributed by atoms with Gasteiger partial charge in [-0.1, -0.05) is 12.1 Å². The van der Waals surface area contributed by atoms with Crippen LogP contribution in [0.15, 0.2) is 47.0 Å². The van der Waals surface area contributed by atoms with E-state index in [0.29, 0.717) is 35.1 Å². The van der Waals surface area contributed by atoms with Crippen molar-refractivity contribution in [3.63, 3.8) is 0 Å². The predicted octanol–water partition coefficient (Wildman–Crippen LogP) is 3.71. The summed E-state index contributed by atoms with van der Waals surface area (Å²) in [5.41, 5.74) is 0.637. The third-order valence-corrected chi connectivity index (χ3v) is 4.60. The summed E-state index contributed by atoms with van der Waals surface area (Å²) >= 11 is 0. The SMILES string of the molecule is CC[C@H](Oc1ccc(F)cc1)C(=O)N(C)Cc1nc(-c2ccc(OC)cc2OC)no1. The normalized spacial score (nSPS) is 11.6. The Hall–Kier alpha value is -3.62. The molecule has 1 aromatic heterocycles. The number of carbonyl (C=O) groups excluding carboxylic acids is 1. The van der Waals surface area contributed by atoms with Crippen LogP contribution in [0.2, 0.25) is 0 Å². The molecule has 0 N–H and O–H groups in total. The second-order valence-electron chi connectivity index (χ2n) is 6.74. The number of aromatic nitrogens is 2. The fourth-order valence-corrected chi connectivity index (χ4v) is 2.92. The minimum Gasteiger partial charge on any atom is -0.497 e. The molecule has 0 aliphatic carbocycles. The molecule has 0 radical (unpaired) electrons. The van der Waals surface area contributed by atoms with Crippen molar-refractivity contribution in [1.29, 1.82) is 0 Å². The van der Waals surface area contributed by atoms with Crippen molar-refractivity contribution >= 4 is 5.91 Å². The van der Waals surface area contributed by atoms with Crippen LogP contribution in [-0.4, -0.2) is 48.3 Å². The number of carbonyl (C=O) groups is 1. The van der Waals surface area contributed by atoms with Gasteiger partial charge in [-0.05, 0) is 42.8 Å².